The van der Waals surface area contributed by atoms with Gasteiger partial charge in [0.25, 0.3) is 5.91 Å². The fourth-order valence-corrected chi connectivity index (χ4v) is 2.54. The molecule has 2 heterocycles. The van der Waals surface area contributed by atoms with Crippen LogP contribution < -0.4 is 10.6 Å². The van der Waals surface area contributed by atoms with Gasteiger partial charge in [0.15, 0.2) is 0 Å². The van der Waals surface area contributed by atoms with Crippen molar-refractivity contribution in [2.24, 2.45) is 0 Å². The van der Waals surface area contributed by atoms with Crippen LogP contribution in [0.2, 0.25) is 0 Å². The lowest BCUT2D eigenvalue weighted by Gasteiger charge is -2.08. The summed E-state index contributed by atoms with van der Waals surface area (Å²) in [5.41, 5.74) is 3.99. The number of aromatic nitrogens is 5. The molecule has 0 aliphatic rings. The van der Waals surface area contributed by atoms with Crippen LogP contribution in [0.5, 0.6) is 0 Å². The molecule has 0 aliphatic heterocycles. The Labute approximate surface area is 148 Å². The average molecular weight is 345 g/mol. The Morgan fingerprint density at radius 1 is 1.08 bits per heavy atom. The standard InChI is InChI=1S/C18H15N7O/c1-11-8-9-19-18(20-11)21-13-5-2-4-12(10-13)17(26)22-14-6-3-7-15-16(14)24-25-23-15/h2-10H,1H3,(H,22,26)(H,19,20,21)(H,23,24,25). The summed E-state index contributed by atoms with van der Waals surface area (Å²) in [6, 6.07) is 14.4. The van der Waals surface area contributed by atoms with E-state index in [1.165, 1.54) is 0 Å². The molecule has 128 valence electrons. The number of carbonyl (C=O) groups is 1. The summed E-state index contributed by atoms with van der Waals surface area (Å²) in [6.45, 7) is 1.89. The van der Waals surface area contributed by atoms with Crippen LogP contribution >= 0.6 is 0 Å². The second-order valence-electron chi connectivity index (χ2n) is 5.68. The topological polar surface area (TPSA) is 108 Å². The number of nitrogens with one attached hydrogen (secondary N) is 3. The summed E-state index contributed by atoms with van der Waals surface area (Å²) in [5.74, 6) is 0.240. The lowest BCUT2D eigenvalue weighted by molar-refractivity contribution is 0.102. The number of rotatable bonds is 4. The maximum atomic E-state index is 12.6. The van der Waals surface area contributed by atoms with Crippen molar-refractivity contribution in [3.63, 3.8) is 0 Å². The van der Waals surface area contributed by atoms with E-state index >= 15 is 0 Å². The number of amides is 1. The van der Waals surface area contributed by atoms with Crippen LogP contribution in [0.15, 0.2) is 54.7 Å². The van der Waals surface area contributed by atoms with E-state index < -0.39 is 0 Å². The minimum atomic E-state index is -0.241. The van der Waals surface area contributed by atoms with Gasteiger partial charge in [-0.2, -0.15) is 15.4 Å². The fraction of sp³-hybridized carbons (Fsp3) is 0.0556. The fourth-order valence-electron chi connectivity index (χ4n) is 2.54. The van der Waals surface area contributed by atoms with Crippen molar-refractivity contribution in [1.82, 2.24) is 25.4 Å². The highest BCUT2D eigenvalue weighted by molar-refractivity contribution is 6.08. The number of H-pyrrole nitrogens is 1. The molecule has 4 rings (SSSR count). The van der Waals surface area contributed by atoms with Gasteiger partial charge in [0, 0.05) is 23.1 Å². The average Bonchev–Trinajstić information content (AvgIpc) is 3.12. The number of fused-ring (bicyclic) bond motifs is 1. The second-order valence-corrected chi connectivity index (χ2v) is 5.68. The van der Waals surface area contributed by atoms with Crippen molar-refractivity contribution >= 4 is 34.3 Å². The Kier molecular flexibility index (Phi) is 3.98. The molecule has 0 spiro atoms. The van der Waals surface area contributed by atoms with Crippen LogP contribution in [-0.2, 0) is 0 Å². The van der Waals surface area contributed by atoms with Gasteiger partial charge in [0.1, 0.15) is 11.0 Å². The number of benzene rings is 2. The minimum Gasteiger partial charge on any atom is -0.324 e. The second kappa shape index (κ2) is 6.60. The molecule has 2 aromatic heterocycles. The van der Waals surface area contributed by atoms with Crippen LogP contribution in [0, 0.1) is 6.92 Å². The summed E-state index contributed by atoms with van der Waals surface area (Å²) < 4.78 is 0. The van der Waals surface area contributed by atoms with Gasteiger partial charge in [-0.15, -0.1) is 0 Å². The molecule has 4 aromatic rings. The Hall–Kier alpha value is -3.81. The van der Waals surface area contributed by atoms with Crippen molar-refractivity contribution < 1.29 is 4.79 Å². The number of aryl methyl sites for hydroxylation is 1. The molecule has 26 heavy (non-hydrogen) atoms. The summed E-state index contributed by atoms with van der Waals surface area (Å²) in [6.07, 6.45) is 1.68. The Bertz CT molecular complexity index is 1090. The number of anilines is 3. The number of hydrogen-bond acceptors (Lipinski definition) is 6. The zero-order valence-corrected chi connectivity index (χ0v) is 13.9. The Morgan fingerprint density at radius 3 is 2.85 bits per heavy atom. The van der Waals surface area contributed by atoms with E-state index in [0.29, 0.717) is 28.2 Å². The van der Waals surface area contributed by atoms with Gasteiger partial charge < -0.3 is 10.6 Å². The van der Waals surface area contributed by atoms with Crippen molar-refractivity contribution in [2.45, 2.75) is 6.92 Å². The molecule has 0 unspecified atom stereocenters. The van der Waals surface area contributed by atoms with Crippen LogP contribution in [0.25, 0.3) is 11.0 Å². The molecular weight excluding hydrogens is 330 g/mol. The lowest BCUT2D eigenvalue weighted by atomic mass is 10.1. The summed E-state index contributed by atoms with van der Waals surface area (Å²) >= 11 is 0. The van der Waals surface area contributed by atoms with E-state index in [9.17, 15) is 4.79 Å². The number of para-hydroxylation sites is 1. The van der Waals surface area contributed by atoms with E-state index in [-0.39, 0.29) is 5.91 Å². The maximum Gasteiger partial charge on any atom is 0.255 e. The van der Waals surface area contributed by atoms with E-state index in [1.54, 1.807) is 30.5 Å². The number of carbonyl (C=O) groups excluding carboxylic acids is 1. The molecule has 0 bridgehead atoms. The third-order valence-electron chi connectivity index (χ3n) is 3.77. The molecule has 0 saturated carbocycles. The summed E-state index contributed by atoms with van der Waals surface area (Å²) in [5, 5.41) is 16.6. The van der Waals surface area contributed by atoms with Gasteiger partial charge in [-0.05, 0) is 43.3 Å². The number of aromatic amines is 1. The molecule has 8 nitrogen and oxygen atoms in total. The molecule has 8 heteroatoms. The molecule has 0 saturated heterocycles. The zero-order valence-electron chi connectivity index (χ0n) is 13.9. The van der Waals surface area contributed by atoms with Gasteiger partial charge in [-0.3, -0.25) is 4.79 Å². The highest BCUT2D eigenvalue weighted by atomic mass is 16.1. The lowest BCUT2D eigenvalue weighted by Crippen LogP contribution is -2.12. The largest absolute Gasteiger partial charge is 0.324 e. The molecule has 1 amide bonds. The highest BCUT2D eigenvalue weighted by Crippen LogP contribution is 2.21. The van der Waals surface area contributed by atoms with Gasteiger partial charge in [0.05, 0.1) is 5.69 Å². The zero-order chi connectivity index (χ0) is 17.9. The van der Waals surface area contributed by atoms with Crippen molar-refractivity contribution in [2.75, 3.05) is 10.6 Å². The number of nitrogens with zero attached hydrogens (tertiary/aromatic N) is 4. The van der Waals surface area contributed by atoms with E-state index in [0.717, 1.165) is 11.4 Å². The third-order valence-corrected chi connectivity index (χ3v) is 3.77. The van der Waals surface area contributed by atoms with Crippen molar-refractivity contribution in [1.29, 1.82) is 0 Å². The van der Waals surface area contributed by atoms with Gasteiger partial charge in [-0.25, -0.2) is 9.97 Å². The summed E-state index contributed by atoms with van der Waals surface area (Å²) in [7, 11) is 0. The van der Waals surface area contributed by atoms with E-state index in [4.69, 9.17) is 0 Å². The third kappa shape index (κ3) is 3.20. The van der Waals surface area contributed by atoms with E-state index in [2.05, 4.69) is 36.0 Å². The molecular formula is C18H15N7O. The Balaban J connectivity index is 1.56. The van der Waals surface area contributed by atoms with Crippen molar-refractivity contribution in [3.8, 4) is 0 Å². The first-order valence-corrected chi connectivity index (χ1v) is 7.96. The molecule has 2 aromatic carbocycles. The SMILES string of the molecule is Cc1ccnc(Nc2cccc(C(=O)Nc3cccc4n[nH]nc34)c2)n1. The van der Waals surface area contributed by atoms with Crippen molar-refractivity contribution in [3.05, 3.63) is 66.0 Å². The van der Waals surface area contributed by atoms with Gasteiger partial charge >= 0.3 is 0 Å². The molecule has 0 fully saturated rings. The van der Waals surface area contributed by atoms with Gasteiger partial charge in [-0.1, -0.05) is 12.1 Å². The Morgan fingerprint density at radius 2 is 1.96 bits per heavy atom. The predicted molar refractivity (Wildman–Crippen MR) is 98.3 cm³/mol. The van der Waals surface area contributed by atoms with Crippen LogP contribution in [-0.4, -0.2) is 31.3 Å². The smallest absolute Gasteiger partial charge is 0.255 e. The maximum absolute atomic E-state index is 12.6. The van der Waals surface area contributed by atoms with Crippen LogP contribution in [0.4, 0.5) is 17.3 Å². The number of hydrogen-bond donors (Lipinski definition) is 3. The van der Waals surface area contributed by atoms with Crippen LogP contribution in [0.3, 0.4) is 0 Å². The minimum absolute atomic E-state index is 0.241. The highest BCUT2D eigenvalue weighted by Gasteiger charge is 2.11. The first kappa shape index (κ1) is 15.7. The van der Waals surface area contributed by atoms with Crippen LogP contribution in [0.1, 0.15) is 16.1 Å². The molecule has 0 atom stereocenters. The van der Waals surface area contributed by atoms with E-state index in [1.807, 2.05) is 31.2 Å². The van der Waals surface area contributed by atoms with Gasteiger partial charge in [0.2, 0.25) is 5.95 Å². The summed E-state index contributed by atoms with van der Waals surface area (Å²) in [4.78, 5) is 21.1. The normalized spacial score (nSPS) is 10.7. The first-order valence-electron chi connectivity index (χ1n) is 7.96. The molecule has 0 radical (unpaired) electrons. The molecule has 3 N–H and O–H groups in total. The molecule has 0 aliphatic carbocycles. The quantitative estimate of drug-likeness (QED) is 0.524. The monoisotopic (exact) mass is 345 g/mol. The first-order chi connectivity index (χ1) is 12.7. The predicted octanol–water partition coefficient (Wildman–Crippen LogP) is 3.05.